The smallest absolute Gasteiger partial charge is 0.325 e. The Morgan fingerprint density at radius 3 is 1.86 bits per heavy atom. The number of hydrogen-bond donors (Lipinski definition) is 7. The Kier molecular flexibility index (Phi) is 11.5. The summed E-state index contributed by atoms with van der Waals surface area (Å²) in [6, 6.07) is -4.81. The van der Waals surface area contributed by atoms with Crippen molar-refractivity contribution in [1.82, 2.24) is 16.0 Å². The van der Waals surface area contributed by atoms with Crippen LogP contribution in [0.2, 0.25) is 0 Å². The van der Waals surface area contributed by atoms with Crippen molar-refractivity contribution in [1.29, 1.82) is 0 Å². The summed E-state index contributed by atoms with van der Waals surface area (Å²) in [5, 5.41) is 24.9. The highest BCUT2D eigenvalue weighted by molar-refractivity contribution is 5.94. The summed E-state index contributed by atoms with van der Waals surface area (Å²) in [6.45, 7) is 4.13. The minimum Gasteiger partial charge on any atom is -0.480 e. The van der Waals surface area contributed by atoms with Crippen molar-refractivity contribution in [3.63, 3.8) is 0 Å². The number of nitrogens with one attached hydrogen (secondary N) is 3. The van der Waals surface area contributed by atoms with E-state index in [1.807, 2.05) is 13.8 Å². The molecule has 0 spiro atoms. The first-order chi connectivity index (χ1) is 13.4. The molecule has 0 aliphatic heterocycles. The number of carboxylic acids is 1. The molecule has 0 saturated heterocycles. The van der Waals surface area contributed by atoms with Gasteiger partial charge in [-0.2, -0.15) is 0 Å². The predicted molar refractivity (Wildman–Crippen MR) is 102 cm³/mol. The van der Waals surface area contributed by atoms with Gasteiger partial charge in [-0.05, 0) is 25.7 Å². The van der Waals surface area contributed by atoms with Crippen molar-refractivity contribution in [3.05, 3.63) is 0 Å². The van der Waals surface area contributed by atoms with E-state index >= 15 is 0 Å². The lowest BCUT2D eigenvalue weighted by molar-refractivity contribution is -0.142. The molecule has 4 atom stereocenters. The number of aliphatic hydroxyl groups excluding tert-OH is 1. The number of rotatable bonds is 13. The number of aliphatic hydroxyl groups is 1. The highest BCUT2D eigenvalue weighted by Gasteiger charge is 2.29. The third-order valence-electron chi connectivity index (χ3n) is 3.92. The fourth-order valence-corrected chi connectivity index (χ4v) is 2.29. The zero-order chi connectivity index (χ0) is 22.7. The van der Waals surface area contributed by atoms with Crippen molar-refractivity contribution >= 4 is 29.6 Å². The summed E-state index contributed by atoms with van der Waals surface area (Å²) in [5.74, 6) is -4.26. The van der Waals surface area contributed by atoms with E-state index in [9.17, 15) is 29.1 Å². The van der Waals surface area contributed by atoms with Gasteiger partial charge in [0.1, 0.15) is 18.1 Å². The molecule has 0 bridgehead atoms. The Morgan fingerprint density at radius 1 is 0.897 bits per heavy atom. The fraction of sp³-hybridized carbons (Fsp3) is 0.706. The van der Waals surface area contributed by atoms with Gasteiger partial charge < -0.3 is 37.6 Å². The average molecular weight is 417 g/mol. The number of amides is 4. The predicted octanol–water partition coefficient (Wildman–Crippen LogP) is -2.82. The first-order valence-electron chi connectivity index (χ1n) is 9.17. The summed E-state index contributed by atoms with van der Waals surface area (Å²) >= 11 is 0. The van der Waals surface area contributed by atoms with Gasteiger partial charge in [0.15, 0.2) is 0 Å². The maximum atomic E-state index is 12.5. The van der Waals surface area contributed by atoms with Crippen molar-refractivity contribution in [2.24, 2.45) is 17.4 Å². The molecule has 4 unspecified atom stereocenters. The van der Waals surface area contributed by atoms with Crippen LogP contribution in [0, 0.1) is 5.92 Å². The Balaban J connectivity index is 5.16. The van der Waals surface area contributed by atoms with Crippen LogP contribution >= 0.6 is 0 Å². The lowest BCUT2D eigenvalue weighted by Gasteiger charge is -2.24. The van der Waals surface area contributed by atoms with Crippen LogP contribution < -0.4 is 27.4 Å². The second-order valence-electron chi connectivity index (χ2n) is 7.11. The molecular weight excluding hydrogens is 386 g/mol. The first kappa shape index (κ1) is 26.3. The van der Waals surface area contributed by atoms with Gasteiger partial charge in [-0.1, -0.05) is 13.8 Å². The highest BCUT2D eigenvalue weighted by Crippen LogP contribution is 2.05. The van der Waals surface area contributed by atoms with E-state index in [1.54, 1.807) is 0 Å². The van der Waals surface area contributed by atoms with Gasteiger partial charge in [0, 0.05) is 6.42 Å². The molecule has 9 N–H and O–H groups in total. The minimum atomic E-state index is -1.46. The number of carbonyl (C=O) groups excluding carboxylic acids is 4. The van der Waals surface area contributed by atoms with Crippen LogP contribution in [0.4, 0.5) is 0 Å². The molecule has 0 saturated carbocycles. The molecule has 0 radical (unpaired) electrons. The zero-order valence-corrected chi connectivity index (χ0v) is 16.8. The lowest BCUT2D eigenvalue weighted by atomic mass is 10.0. The maximum absolute atomic E-state index is 12.5. The van der Waals surface area contributed by atoms with E-state index in [1.165, 1.54) is 6.92 Å². The first-order valence-corrected chi connectivity index (χ1v) is 9.17. The molecule has 4 amide bonds. The van der Waals surface area contributed by atoms with E-state index in [4.69, 9.17) is 16.6 Å². The SMILES string of the molecule is CC(C)CC(N)C(=O)NC(CCC(N)=O)C(=O)NC(CO)C(=O)NC(C)C(=O)O. The molecule has 12 nitrogen and oxygen atoms in total. The monoisotopic (exact) mass is 417 g/mol. The number of carbonyl (C=O) groups is 5. The van der Waals surface area contributed by atoms with Crippen LogP contribution in [0.15, 0.2) is 0 Å². The van der Waals surface area contributed by atoms with E-state index in [0.717, 1.165) is 0 Å². The summed E-state index contributed by atoms with van der Waals surface area (Å²) in [7, 11) is 0. The summed E-state index contributed by atoms with van der Waals surface area (Å²) < 4.78 is 0. The molecule has 0 aliphatic carbocycles. The third kappa shape index (κ3) is 10.4. The molecule has 0 aliphatic rings. The van der Waals surface area contributed by atoms with Crippen molar-refractivity contribution < 1.29 is 34.2 Å². The van der Waals surface area contributed by atoms with Gasteiger partial charge in [0.05, 0.1) is 12.6 Å². The van der Waals surface area contributed by atoms with E-state index in [2.05, 4.69) is 16.0 Å². The van der Waals surface area contributed by atoms with Gasteiger partial charge in [0.2, 0.25) is 23.6 Å². The summed E-state index contributed by atoms with van der Waals surface area (Å²) in [5.41, 5.74) is 10.9. The third-order valence-corrected chi connectivity index (χ3v) is 3.92. The molecule has 0 rings (SSSR count). The highest BCUT2D eigenvalue weighted by atomic mass is 16.4. The topological polar surface area (TPSA) is 214 Å². The molecule has 0 aromatic rings. The zero-order valence-electron chi connectivity index (χ0n) is 16.8. The number of nitrogens with two attached hydrogens (primary N) is 2. The largest absolute Gasteiger partial charge is 0.480 e. The standard InChI is InChI=1S/C17H31N5O7/c1-8(2)6-10(18)14(25)21-11(4-5-13(19)24)15(26)22-12(7-23)16(27)20-9(3)17(28)29/h8-12,23H,4-7,18H2,1-3H3,(H2,19,24)(H,20,27)(H,21,25)(H,22,26)(H,28,29). The number of carboxylic acid groups (broad SMARTS) is 1. The van der Waals surface area contributed by atoms with Crippen LogP contribution in [-0.4, -0.2) is 70.6 Å². The van der Waals surface area contributed by atoms with Gasteiger partial charge >= 0.3 is 5.97 Å². The van der Waals surface area contributed by atoms with Crippen molar-refractivity contribution in [3.8, 4) is 0 Å². The van der Waals surface area contributed by atoms with Gasteiger partial charge in [-0.15, -0.1) is 0 Å². The Bertz CT molecular complexity index is 611. The Labute approximate surface area is 168 Å². The molecule has 0 fully saturated rings. The van der Waals surface area contributed by atoms with Crippen LogP contribution in [0.1, 0.15) is 40.0 Å². The van der Waals surface area contributed by atoms with Gasteiger partial charge in [0.25, 0.3) is 0 Å². The van der Waals surface area contributed by atoms with Crippen molar-refractivity contribution in [2.45, 2.75) is 64.2 Å². The van der Waals surface area contributed by atoms with E-state index in [-0.39, 0.29) is 18.8 Å². The fourth-order valence-electron chi connectivity index (χ4n) is 2.29. The van der Waals surface area contributed by atoms with E-state index in [0.29, 0.717) is 6.42 Å². The van der Waals surface area contributed by atoms with Gasteiger partial charge in [-0.3, -0.25) is 24.0 Å². The maximum Gasteiger partial charge on any atom is 0.325 e. The summed E-state index contributed by atoms with van der Waals surface area (Å²) in [4.78, 5) is 58.6. The van der Waals surface area contributed by atoms with Crippen LogP contribution in [0.5, 0.6) is 0 Å². The van der Waals surface area contributed by atoms with Gasteiger partial charge in [-0.25, -0.2) is 0 Å². The average Bonchev–Trinajstić information content (AvgIpc) is 2.61. The number of aliphatic carboxylic acids is 1. The molecular formula is C17H31N5O7. The molecule has 0 aromatic heterocycles. The second-order valence-corrected chi connectivity index (χ2v) is 7.11. The minimum absolute atomic E-state index is 0.132. The second kappa shape index (κ2) is 12.7. The van der Waals surface area contributed by atoms with Crippen LogP contribution in [-0.2, 0) is 24.0 Å². The Morgan fingerprint density at radius 2 is 1.41 bits per heavy atom. The molecule has 0 aromatic carbocycles. The quantitative estimate of drug-likeness (QED) is 0.165. The van der Waals surface area contributed by atoms with Crippen LogP contribution in [0.3, 0.4) is 0 Å². The van der Waals surface area contributed by atoms with Crippen molar-refractivity contribution in [2.75, 3.05) is 6.61 Å². The Hall–Kier alpha value is -2.73. The summed E-state index contributed by atoms with van der Waals surface area (Å²) in [6.07, 6.45) is 0.00115. The van der Waals surface area contributed by atoms with Crippen LogP contribution in [0.25, 0.3) is 0 Å². The molecule has 12 heteroatoms. The molecule has 0 heterocycles. The number of primary amides is 1. The normalized spacial score (nSPS) is 15.0. The lowest BCUT2D eigenvalue weighted by Crippen LogP contribution is -2.58. The number of hydrogen-bond acceptors (Lipinski definition) is 7. The molecule has 29 heavy (non-hydrogen) atoms. The molecule has 166 valence electrons. The van der Waals surface area contributed by atoms with E-state index < -0.39 is 60.4 Å².